The predicted octanol–water partition coefficient (Wildman–Crippen LogP) is 4.31. The molecule has 0 saturated heterocycles. The van der Waals surface area contributed by atoms with Crippen molar-refractivity contribution in [2.75, 3.05) is 0 Å². The van der Waals surface area contributed by atoms with Gasteiger partial charge >= 0.3 is 0 Å². The summed E-state index contributed by atoms with van der Waals surface area (Å²) in [5.41, 5.74) is 9.22. The molecule has 0 aliphatic heterocycles. The Hall–Kier alpha value is -2.78. The van der Waals surface area contributed by atoms with Gasteiger partial charge in [-0.25, -0.2) is 4.98 Å². The third-order valence-electron chi connectivity index (χ3n) is 2.86. The van der Waals surface area contributed by atoms with Gasteiger partial charge in [-0.3, -0.25) is 0 Å². The molecule has 0 radical (unpaired) electrons. The van der Waals surface area contributed by atoms with E-state index in [0.29, 0.717) is 11.7 Å². The van der Waals surface area contributed by atoms with Crippen LogP contribution in [0.25, 0.3) is 32.5 Å². The van der Waals surface area contributed by atoms with Gasteiger partial charge in [0.25, 0.3) is 0 Å². The lowest BCUT2D eigenvalue weighted by Gasteiger charge is -2.00. The molecule has 5 nitrogen and oxygen atoms in total. The van der Waals surface area contributed by atoms with E-state index in [2.05, 4.69) is 27.1 Å². The first kappa shape index (κ1) is 11.3. The number of aromatic nitrogens is 1. The summed E-state index contributed by atoms with van der Waals surface area (Å²) in [6.45, 7) is 0.129. The zero-order valence-electron chi connectivity index (χ0n) is 10.0. The Labute approximate surface area is 109 Å². The van der Waals surface area contributed by atoms with Crippen molar-refractivity contribution in [2.45, 2.75) is 6.54 Å². The van der Waals surface area contributed by atoms with Gasteiger partial charge in [0.1, 0.15) is 6.54 Å². The molecule has 0 atom stereocenters. The lowest BCUT2D eigenvalue weighted by atomic mass is 10.1. The van der Waals surface area contributed by atoms with E-state index >= 15 is 0 Å². The van der Waals surface area contributed by atoms with E-state index in [0.717, 1.165) is 10.9 Å². The lowest BCUT2D eigenvalue weighted by molar-refractivity contribution is 0.509. The maximum absolute atomic E-state index is 8.26. The minimum absolute atomic E-state index is 0.129. The summed E-state index contributed by atoms with van der Waals surface area (Å²) in [6.07, 6.45) is 1.65. The van der Waals surface area contributed by atoms with Gasteiger partial charge in [0.05, 0.1) is 6.20 Å². The number of rotatable bonds is 3. The summed E-state index contributed by atoms with van der Waals surface area (Å²) in [5, 5.41) is 5.75. The molecule has 2 aromatic carbocycles. The highest BCUT2D eigenvalue weighted by Crippen LogP contribution is 2.25. The summed E-state index contributed by atoms with van der Waals surface area (Å²) >= 11 is 0. The van der Waals surface area contributed by atoms with E-state index in [9.17, 15) is 0 Å². The van der Waals surface area contributed by atoms with Crippen molar-refractivity contribution >= 4 is 10.8 Å². The van der Waals surface area contributed by atoms with E-state index in [1.165, 1.54) is 5.39 Å². The summed E-state index contributed by atoms with van der Waals surface area (Å²) in [5.74, 6) is 1.09. The number of fused-ring (bicyclic) bond motifs is 1. The Balaban J connectivity index is 1.99. The first-order chi connectivity index (χ1) is 9.36. The van der Waals surface area contributed by atoms with Crippen molar-refractivity contribution in [1.82, 2.24) is 4.98 Å². The third-order valence-corrected chi connectivity index (χ3v) is 2.86. The van der Waals surface area contributed by atoms with Gasteiger partial charge < -0.3 is 4.42 Å². The smallest absolute Gasteiger partial charge is 0.200 e. The SMILES string of the molecule is [N-]=[N+]=NCc1ncc(-c2ccc3ccccc3c2)o1. The molecule has 0 bridgehead atoms. The molecule has 92 valence electrons. The molecule has 1 aromatic heterocycles. The highest BCUT2D eigenvalue weighted by atomic mass is 16.4. The topological polar surface area (TPSA) is 74.8 Å². The van der Waals surface area contributed by atoms with Crippen LogP contribution in [0.3, 0.4) is 0 Å². The summed E-state index contributed by atoms with van der Waals surface area (Å²) in [4.78, 5) is 6.76. The Morgan fingerprint density at radius 1 is 1.16 bits per heavy atom. The number of azide groups is 1. The summed E-state index contributed by atoms with van der Waals surface area (Å²) < 4.78 is 5.54. The average Bonchev–Trinajstić information content (AvgIpc) is 2.93. The zero-order valence-corrected chi connectivity index (χ0v) is 10.0. The Morgan fingerprint density at radius 3 is 2.84 bits per heavy atom. The summed E-state index contributed by atoms with van der Waals surface area (Å²) in [6, 6.07) is 14.2. The first-order valence-corrected chi connectivity index (χ1v) is 5.81. The molecule has 0 aliphatic carbocycles. The molecule has 0 saturated carbocycles. The zero-order chi connectivity index (χ0) is 13.1. The fourth-order valence-corrected chi connectivity index (χ4v) is 1.95. The molecule has 0 amide bonds. The van der Waals surface area contributed by atoms with Crippen LogP contribution in [0, 0.1) is 0 Å². The van der Waals surface area contributed by atoms with Gasteiger partial charge in [0.15, 0.2) is 5.76 Å². The maximum Gasteiger partial charge on any atom is 0.200 e. The average molecular weight is 250 g/mol. The van der Waals surface area contributed by atoms with Crippen LogP contribution < -0.4 is 0 Å². The first-order valence-electron chi connectivity index (χ1n) is 5.81. The lowest BCUT2D eigenvalue weighted by Crippen LogP contribution is -1.77. The van der Waals surface area contributed by atoms with Crippen LogP contribution in [0.5, 0.6) is 0 Å². The second-order valence-corrected chi connectivity index (χ2v) is 4.07. The van der Waals surface area contributed by atoms with Crippen molar-refractivity contribution in [3.63, 3.8) is 0 Å². The van der Waals surface area contributed by atoms with Crippen LogP contribution in [0.15, 0.2) is 58.2 Å². The van der Waals surface area contributed by atoms with Gasteiger partial charge in [-0.05, 0) is 22.4 Å². The third kappa shape index (κ3) is 2.27. The van der Waals surface area contributed by atoms with Crippen LogP contribution in [0.2, 0.25) is 0 Å². The Kier molecular flexibility index (Phi) is 2.88. The van der Waals surface area contributed by atoms with Crippen molar-refractivity contribution in [2.24, 2.45) is 5.11 Å². The van der Waals surface area contributed by atoms with E-state index in [1.54, 1.807) is 6.20 Å². The Bertz CT molecular complexity index is 772. The molecule has 0 unspecified atom stereocenters. The highest BCUT2D eigenvalue weighted by Gasteiger charge is 2.06. The van der Waals surface area contributed by atoms with Gasteiger partial charge in [-0.2, -0.15) is 0 Å². The van der Waals surface area contributed by atoms with E-state index in [4.69, 9.17) is 9.95 Å². The van der Waals surface area contributed by atoms with Gasteiger partial charge in [0.2, 0.25) is 5.89 Å². The van der Waals surface area contributed by atoms with E-state index < -0.39 is 0 Å². The maximum atomic E-state index is 8.26. The number of nitrogens with zero attached hydrogens (tertiary/aromatic N) is 4. The number of hydrogen-bond donors (Lipinski definition) is 0. The van der Waals surface area contributed by atoms with Gasteiger partial charge in [0, 0.05) is 10.5 Å². The Morgan fingerprint density at radius 2 is 2.00 bits per heavy atom. The molecule has 0 fully saturated rings. The molecule has 19 heavy (non-hydrogen) atoms. The van der Waals surface area contributed by atoms with Crippen molar-refractivity contribution in [3.8, 4) is 11.3 Å². The molecule has 0 spiro atoms. The van der Waals surface area contributed by atoms with Crippen molar-refractivity contribution in [1.29, 1.82) is 0 Å². The molecular formula is C14H10N4O. The molecule has 0 N–H and O–H groups in total. The van der Waals surface area contributed by atoms with E-state index in [-0.39, 0.29) is 6.54 Å². The van der Waals surface area contributed by atoms with Gasteiger partial charge in [-0.1, -0.05) is 41.5 Å². The van der Waals surface area contributed by atoms with Crippen molar-refractivity contribution < 1.29 is 4.42 Å². The fourth-order valence-electron chi connectivity index (χ4n) is 1.95. The quantitative estimate of drug-likeness (QED) is 0.394. The standard InChI is InChI=1S/C14H10N4O/c15-18-17-9-14-16-8-13(19-14)12-6-5-10-3-1-2-4-11(10)7-12/h1-8H,9H2. The molecular weight excluding hydrogens is 240 g/mol. The normalized spacial score (nSPS) is 10.3. The second kappa shape index (κ2) is 4.84. The van der Waals surface area contributed by atoms with Crippen LogP contribution in [0.1, 0.15) is 5.89 Å². The number of benzene rings is 2. The van der Waals surface area contributed by atoms with Crippen LogP contribution >= 0.6 is 0 Å². The molecule has 5 heteroatoms. The fraction of sp³-hybridized carbons (Fsp3) is 0.0714. The van der Waals surface area contributed by atoms with Crippen LogP contribution in [-0.2, 0) is 6.54 Å². The minimum Gasteiger partial charge on any atom is -0.441 e. The van der Waals surface area contributed by atoms with Gasteiger partial charge in [-0.15, -0.1) is 0 Å². The molecule has 1 heterocycles. The monoisotopic (exact) mass is 250 g/mol. The largest absolute Gasteiger partial charge is 0.441 e. The second-order valence-electron chi connectivity index (χ2n) is 4.07. The predicted molar refractivity (Wildman–Crippen MR) is 72.3 cm³/mol. The molecule has 3 aromatic rings. The van der Waals surface area contributed by atoms with Crippen molar-refractivity contribution in [3.05, 3.63) is 65.0 Å². The molecule has 3 rings (SSSR count). The molecule has 0 aliphatic rings. The van der Waals surface area contributed by atoms with E-state index in [1.807, 2.05) is 30.3 Å². The van der Waals surface area contributed by atoms with Crippen LogP contribution in [-0.4, -0.2) is 4.98 Å². The highest BCUT2D eigenvalue weighted by molar-refractivity contribution is 5.86. The summed E-state index contributed by atoms with van der Waals surface area (Å²) in [7, 11) is 0. The number of oxazole rings is 1. The van der Waals surface area contributed by atoms with Crippen LogP contribution in [0.4, 0.5) is 0 Å². The minimum atomic E-state index is 0.129. The number of hydrogen-bond acceptors (Lipinski definition) is 3.